The fourth-order valence-corrected chi connectivity index (χ4v) is 6.02. The first kappa shape index (κ1) is 24.3. The molecule has 1 aromatic rings. The molecule has 1 aromatic carbocycles. The van der Waals surface area contributed by atoms with E-state index < -0.39 is 63.7 Å². The molecule has 0 saturated heterocycles. The normalized spacial score (nSPS) is 31.0. The third kappa shape index (κ3) is 3.19. The Morgan fingerprint density at radius 1 is 1.18 bits per heavy atom. The summed E-state index contributed by atoms with van der Waals surface area (Å²) < 4.78 is 0. The van der Waals surface area contributed by atoms with E-state index in [0.717, 1.165) is 0 Å². The Kier molecular flexibility index (Phi) is 5.42. The lowest BCUT2D eigenvalue weighted by Crippen LogP contribution is -2.68. The molecule has 180 valence electrons. The lowest BCUT2D eigenvalue weighted by Gasteiger charge is -2.48. The average Bonchev–Trinajstić information content (AvgIpc) is 2.69. The van der Waals surface area contributed by atoms with Crippen LogP contribution in [0.1, 0.15) is 60.7 Å². The molecular formula is C25H26ClNO7. The van der Waals surface area contributed by atoms with Crippen molar-refractivity contribution in [3.63, 3.8) is 0 Å². The molecule has 4 rings (SSSR count). The number of amides is 1. The fraction of sp³-hybridized carbons (Fsp3) is 0.480. The van der Waals surface area contributed by atoms with Crippen molar-refractivity contribution in [3.8, 4) is 5.75 Å². The number of rotatable bonds is 2. The van der Waals surface area contributed by atoms with Crippen LogP contribution in [0.3, 0.4) is 0 Å². The molecule has 2 unspecified atom stereocenters. The second kappa shape index (κ2) is 7.58. The zero-order chi connectivity index (χ0) is 25.5. The number of aromatic hydroxyl groups is 1. The summed E-state index contributed by atoms with van der Waals surface area (Å²) in [5.74, 6) is -10.4. The van der Waals surface area contributed by atoms with Gasteiger partial charge in [-0.15, -0.1) is 0 Å². The Labute approximate surface area is 201 Å². The van der Waals surface area contributed by atoms with Crippen LogP contribution < -0.4 is 5.73 Å². The van der Waals surface area contributed by atoms with Crippen molar-refractivity contribution < 1.29 is 34.2 Å². The Hall–Kier alpha value is -2.84. The minimum absolute atomic E-state index is 0.0248. The third-order valence-corrected chi connectivity index (χ3v) is 7.71. The van der Waals surface area contributed by atoms with Gasteiger partial charge in [0.2, 0.25) is 5.91 Å². The molecular weight excluding hydrogens is 462 g/mol. The number of ketones is 4. The highest BCUT2D eigenvalue weighted by atomic mass is 35.5. The summed E-state index contributed by atoms with van der Waals surface area (Å²) >= 11 is 6.26. The molecule has 3 aliphatic rings. The van der Waals surface area contributed by atoms with E-state index in [1.54, 1.807) is 6.07 Å². The van der Waals surface area contributed by atoms with Crippen LogP contribution in [-0.2, 0) is 31.0 Å². The van der Waals surface area contributed by atoms with Gasteiger partial charge in [0.1, 0.15) is 5.75 Å². The Morgan fingerprint density at radius 3 is 2.32 bits per heavy atom. The van der Waals surface area contributed by atoms with Crippen molar-refractivity contribution >= 4 is 45.7 Å². The molecule has 2 fully saturated rings. The van der Waals surface area contributed by atoms with E-state index in [9.17, 15) is 34.2 Å². The first-order valence-corrected chi connectivity index (χ1v) is 11.4. The highest BCUT2D eigenvalue weighted by Gasteiger charge is 2.66. The number of phenols is 1. The lowest BCUT2D eigenvalue weighted by atomic mass is 9.53. The minimum Gasteiger partial charge on any atom is -0.507 e. The number of hydrogen-bond acceptors (Lipinski definition) is 7. The molecule has 0 radical (unpaired) electrons. The molecule has 0 aliphatic heterocycles. The number of aliphatic hydroxyl groups is 1. The molecule has 2 saturated carbocycles. The number of primary amides is 1. The van der Waals surface area contributed by atoms with Gasteiger partial charge in [0.15, 0.2) is 34.7 Å². The number of halogens is 1. The van der Waals surface area contributed by atoms with Crippen LogP contribution in [0.2, 0.25) is 0 Å². The number of hydrogen-bond donors (Lipinski definition) is 3. The predicted octanol–water partition coefficient (Wildman–Crippen LogP) is 1.83. The number of benzene rings is 1. The zero-order valence-electron chi connectivity index (χ0n) is 19.1. The van der Waals surface area contributed by atoms with E-state index in [0.29, 0.717) is 16.7 Å². The van der Waals surface area contributed by atoms with Gasteiger partial charge in [0.25, 0.3) is 0 Å². The Morgan fingerprint density at radius 2 is 1.79 bits per heavy atom. The number of fused-ring (bicyclic) bond motifs is 3. The molecule has 0 bridgehead atoms. The average molecular weight is 488 g/mol. The van der Waals surface area contributed by atoms with Crippen LogP contribution in [0.4, 0.5) is 0 Å². The van der Waals surface area contributed by atoms with Gasteiger partial charge in [0.05, 0.1) is 11.5 Å². The van der Waals surface area contributed by atoms with Crippen LogP contribution in [0.25, 0.3) is 5.03 Å². The number of nitrogens with two attached hydrogens (primary N) is 1. The van der Waals surface area contributed by atoms with Gasteiger partial charge < -0.3 is 15.9 Å². The van der Waals surface area contributed by atoms with E-state index in [1.807, 2.05) is 20.8 Å². The summed E-state index contributed by atoms with van der Waals surface area (Å²) in [7, 11) is 0. The van der Waals surface area contributed by atoms with Crippen molar-refractivity contribution in [3.05, 3.63) is 34.9 Å². The molecule has 8 nitrogen and oxygen atoms in total. The van der Waals surface area contributed by atoms with Gasteiger partial charge in [-0.2, -0.15) is 0 Å². The summed E-state index contributed by atoms with van der Waals surface area (Å²) in [5.41, 5.74) is 3.22. The molecule has 0 aromatic heterocycles. The quantitative estimate of drug-likeness (QED) is 0.538. The topological polar surface area (TPSA) is 152 Å². The number of carbonyl (C=O) groups excluding carboxylic acids is 5. The first-order chi connectivity index (χ1) is 15.6. The largest absolute Gasteiger partial charge is 0.507 e. The molecule has 1 amide bonds. The van der Waals surface area contributed by atoms with Gasteiger partial charge in [-0.3, -0.25) is 24.0 Å². The van der Waals surface area contributed by atoms with Gasteiger partial charge in [-0.05, 0) is 41.4 Å². The summed E-state index contributed by atoms with van der Waals surface area (Å²) in [6.07, 6.45) is -0.198. The standard InChI is InChI=1S/C25H26ClNO7/c1-9(26)12-8-14(24(2,3)4)19(29)17-13(12)6-10-5-11-7-15(28)18(23(27)33)22(32)25(11,34)21(31)16(10)20(17)30/h8,10-11,16,18,29,34H,1,5-7H2,2-4H3,(H2,27,33)/t10-,11+,16?,18?,25+/m1/s1. The van der Waals surface area contributed by atoms with E-state index in [1.165, 1.54) is 0 Å². The Bertz CT molecular complexity index is 1210. The third-order valence-electron chi connectivity index (χ3n) is 7.50. The maximum Gasteiger partial charge on any atom is 0.235 e. The zero-order valence-corrected chi connectivity index (χ0v) is 19.9. The second-order valence-corrected chi connectivity index (χ2v) is 11.0. The smallest absolute Gasteiger partial charge is 0.235 e. The van der Waals surface area contributed by atoms with E-state index in [-0.39, 0.29) is 35.6 Å². The molecule has 4 N–H and O–H groups in total. The molecule has 34 heavy (non-hydrogen) atoms. The second-order valence-electron chi connectivity index (χ2n) is 10.6. The number of carbonyl (C=O) groups is 5. The molecule has 0 heterocycles. The summed E-state index contributed by atoms with van der Waals surface area (Å²) in [6.45, 7) is 9.30. The predicted molar refractivity (Wildman–Crippen MR) is 122 cm³/mol. The number of Topliss-reactive ketones (excluding diaryl/α,β-unsaturated/α-hetero) is 4. The van der Waals surface area contributed by atoms with Crippen molar-refractivity contribution in [1.29, 1.82) is 0 Å². The van der Waals surface area contributed by atoms with Gasteiger partial charge in [-0.1, -0.05) is 39.0 Å². The molecule has 5 atom stereocenters. The van der Waals surface area contributed by atoms with Crippen molar-refractivity contribution in [2.75, 3.05) is 0 Å². The monoisotopic (exact) mass is 487 g/mol. The van der Waals surface area contributed by atoms with Gasteiger partial charge >= 0.3 is 0 Å². The van der Waals surface area contributed by atoms with Crippen LogP contribution in [0.15, 0.2) is 12.6 Å². The van der Waals surface area contributed by atoms with Crippen molar-refractivity contribution in [2.45, 2.75) is 51.0 Å². The SMILES string of the molecule is C=C(Cl)c1cc(C(C)(C)C)c(O)c2c1C[C@H]1C[C@H]3CC(=O)C(C(N)=O)C(=O)[C@@]3(O)C(=O)C1C2=O. The Balaban J connectivity index is 1.89. The molecule has 3 aliphatic carbocycles. The molecule has 9 heteroatoms. The van der Waals surface area contributed by atoms with Gasteiger partial charge in [-0.25, -0.2) is 0 Å². The maximum atomic E-state index is 13.7. The maximum absolute atomic E-state index is 13.7. The van der Waals surface area contributed by atoms with E-state index in [4.69, 9.17) is 17.3 Å². The highest BCUT2D eigenvalue weighted by molar-refractivity contribution is 6.48. The lowest BCUT2D eigenvalue weighted by molar-refractivity contribution is -0.175. The van der Waals surface area contributed by atoms with Gasteiger partial charge in [0, 0.05) is 22.9 Å². The fourth-order valence-electron chi connectivity index (χ4n) is 5.85. The van der Waals surface area contributed by atoms with Crippen LogP contribution >= 0.6 is 11.6 Å². The summed E-state index contributed by atoms with van der Waals surface area (Å²) in [4.78, 5) is 64.4. The van der Waals surface area contributed by atoms with Crippen LogP contribution in [0.5, 0.6) is 5.75 Å². The highest BCUT2D eigenvalue weighted by Crippen LogP contribution is 2.52. The van der Waals surface area contributed by atoms with Crippen LogP contribution in [-0.4, -0.2) is 44.9 Å². The minimum atomic E-state index is -2.67. The van der Waals surface area contributed by atoms with E-state index >= 15 is 0 Å². The van der Waals surface area contributed by atoms with Crippen molar-refractivity contribution in [1.82, 2.24) is 0 Å². The summed E-state index contributed by atoms with van der Waals surface area (Å²) in [5, 5.41) is 22.5. The van der Waals surface area contributed by atoms with E-state index in [2.05, 4.69) is 6.58 Å². The molecule has 0 spiro atoms. The van der Waals surface area contributed by atoms with Crippen molar-refractivity contribution in [2.24, 2.45) is 29.4 Å². The first-order valence-electron chi connectivity index (χ1n) is 11.0. The summed E-state index contributed by atoms with van der Waals surface area (Å²) in [6, 6.07) is 1.68. The van der Waals surface area contributed by atoms with Crippen LogP contribution in [0, 0.1) is 23.7 Å². The number of phenolic OH excluding ortho intramolecular Hbond substituents is 1.